The van der Waals surface area contributed by atoms with E-state index < -0.39 is 0 Å². The van der Waals surface area contributed by atoms with Crippen LogP contribution in [0.4, 0.5) is 0 Å². The Labute approximate surface area is 105 Å². The molecule has 0 spiro atoms. The first kappa shape index (κ1) is 20.1. The van der Waals surface area contributed by atoms with Crippen LogP contribution in [0.25, 0.3) is 0 Å². The van der Waals surface area contributed by atoms with Crippen LogP contribution in [0, 0.1) is 19.7 Å². The van der Waals surface area contributed by atoms with Crippen molar-refractivity contribution in [3.8, 4) is 0 Å². The molecule has 2 aliphatic rings. The minimum atomic E-state index is 0. The average molecular weight is 379 g/mol. The molecule has 82 valence electrons. The second-order valence-electron chi connectivity index (χ2n) is 2.28. The Balaban J connectivity index is -0.000000138. The van der Waals surface area contributed by atoms with Gasteiger partial charge in [0.25, 0.3) is 0 Å². The molecule has 0 bridgehead atoms. The summed E-state index contributed by atoms with van der Waals surface area (Å²) in [6.45, 7) is 11.0. The Morgan fingerprint density at radius 2 is 1.20 bits per heavy atom. The topological polar surface area (TPSA) is 49.0 Å². The smallest absolute Gasteiger partial charge is 0.00506 e. The number of rotatable bonds is 0. The van der Waals surface area contributed by atoms with Crippen LogP contribution in [-0.2, 0) is 34.5 Å². The first-order valence-corrected chi connectivity index (χ1v) is 4.15. The van der Waals surface area contributed by atoms with Gasteiger partial charge in [0.15, 0.2) is 0 Å². The molecule has 0 saturated carbocycles. The molecule has 0 amide bonds. The van der Waals surface area contributed by atoms with Crippen LogP contribution in [0.15, 0.2) is 24.3 Å². The van der Waals surface area contributed by atoms with E-state index in [1.54, 1.807) is 0 Å². The second kappa shape index (κ2) is 23.4. The van der Waals surface area contributed by atoms with Crippen LogP contribution in [0.1, 0.15) is 12.8 Å². The van der Waals surface area contributed by atoms with E-state index in [2.05, 4.69) is 13.3 Å². The number of hydrogen-bond acceptors (Lipinski definition) is 1. The van der Waals surface area contributed by atoms with Gasteiger partial charge in [-0.3, -0.25) is 0 Å². The minimum Gasteiger partial charge on any atom is -0.0767 e. The maximum atomic E-state index is 7.50. The van der Waals surface area contributed by atoms with Gasteiger partial charge < -0.3 is 4.74 Å². The summed E-state index contributed by atoms with van der Waals surface area (Å²) >= 11 is 0. The van der Waals surface area contributed by atoms with E-state index in [0.29, 0.717) is 0 Å². The number of allylic oxidation sites excluding steroid dienone is 4. The van der Waals surface area contributed by atoms with Crippen molar-refractivity contribution in [2.24, 2.45) is 0 Å². The zero-order valence-electron chi connectivity index (χ0n) is 8.32. The molecule has 1 fully saturated rings. The van der Waals surface area contributed by atoms with Crippen LogP contribution in [0.3, 0.4) is 0 Å². The average Bonchev–Trinajstić information content (AvgIpc) is 3.01. The predicted octanol–water partition coefficient (Wildman–Crippen LogP) is 2.04. The Hall–Kier alpha value is -0.418. The van der Waals surface area contributed by atoms with Crippen molar-refractivity contribution >= 4 is 0 Å². The SMILES string of the molecule is C1CCOC1.[C-]#[O+].[C-]#[O+].[CH]1C=CC=C1.[Re]. The molecular formula is C11H13O3Re. The molecule has 0 atom stereocenters. The van der Waals surface area contributed by atoms with Crippen LogP contribution >= 0.6 is 0 Å². The van der Waals surface area contributed by atoms with Crippen molar-refractivity contribution in [2.45, 2.75) is 12.8 Å². The molecule has 0 unspecified atom stereocenters. The summed E-state index contributed by atoms with van der Waals surface area (Å²) in [5, 5.41) is 0. The van der Waals surface area contributed by atoms with Gasteiger partial charge in [-0.1, -0.05) is 24.3 Å². The van der Waals surface area contributed by atoms with Gasteiger partial charge in [-0.2, -0.15) is 0 Å². The van der Waals surface area contributed by atoms with Crippen molar-refractivity contribution in [2.75, 3.05) is 13.2 Å². The Kier molecular flexibility index (Phi) is 31.3. The molecule has 4 heteroatoms. The van der Waals surface area contributed by atoms with E-state index >= 15 is 0 Å². The molecule has 2 rings (SSSR count). The Morgan fingerprint density at radius 3 is 1.33 bits per heavy atom. The van der Waals surface area contributed by atoms with Gasteiger partial charge >= 0.3 is 22.6 Å². The predicted molar refractivity (Wildman–Crippen MR) is 50.5 cm³/mol. The van der Waals surface area contributed by atoms with E-state index in [-0.39, 0.29) is 20.4 Å². The third-order valence-electron chi connectivity index (χ3n) is 1.38. The maximum Gasteiger partial charge on any atom is 0.00506 e. The van der Waals surface area contributed by atoms with Crippen LogP contribution in [-0.4, -0.2) is 13.2 Å². The number of ether oxygens (including phenoxy) is 1. The normalized spacial score (nSPS) is 14.1. The summed E-state index contributed by atoms with van der Waals surface area (Å²) in [5.41, 5.74) is 0. The van der Waals surface area contributed by atoms with Gasteiger partial charge in [-0.15, -0.1) is 0 Å². The molecule has 1 aliphatic carbocycles. The Bertz CT molecular complexity index is 167. The van der Waals surface area contributed by atoms with E-state index in [0.717, 1.165) is 13.2 Å². The second-order valence-corrected chi connectivity index (χ2v) is 2.28. The molecule has 0 aromatic carbocycles. The summed E-state index contributed by atoms with van der Waals surface area (Å²) in [6.07, 6.45) is 12.6. The molecule has 1 heterocycles. The van der Waals surface area contributed by atoms with Gasteiger partial charge in [-0.05, 0) is 12.8 Å². The molecule has 15 heavy (non-hydrogen) atoms. The fourth-order valence-corrected chi connectivity index (χ4v) is 0.831. The molecule has 0 N–H and O–H groups in total. The van der Waals surface area contributed by atoms with Gasteiger partial charge in [0.05, 0.1) is 0 Å². The van der Waals surface area contributed by atoms with Crippen molar-refractivity contribution in [3.05, 3.63) is 44.0 Å². The summed E-state index contributed by atoms with van der Waals surface area (Å²) in [6, 6.07) is 0. The Morgan fingerprint density at radius 1 is 0.800 bits per heavy atom. The van der Waals surface area contributed by atoms with Crippen LogP contribution in [0.5, 0.6) is 0 Å². The third kappa shape index (κ3) is 19.8. The third-order valence-corrected chi connectivity index (χ3v) is 1.38. The standard InChI is InChI=1S/C5H5.C4H8O.2CO.Re/c2*1-2-4-5-3-1;2*1-2;/h1-5H;1-4H2;;;. The van der Waals surface area contributed by atoms with E-state index in [4.69, 9.17) is 14.0 Å². The largest absolute Gasteiger partial charge is 0.0767 e. The number of hydrogen-bond donors (Lipinski definition) is 0. The fourth-order valence-electron chi connectivity index (χ4n) is 0.831. The first-order chi connectivity index (χ1) is 7.00. The first-order valence-electron chi connectivity index (χ1n) is 4.15. The van der Waals surface area contributed by atoms with Crippen molar-refractivity contribution < 1.29 is 34.5 Å². The monoisotopic (exact) mass is 380 g/mol. The van der Waals surface area contributed by atoms with E-state index in [1.807, 2.05) is 30.7 Å². The van der Waals surface area contributed by atoms with Gasteiger partial charge in [0.2, 0.25) is 0 Å². The zero-order valence-corrected chi connectivity index (χ0v) is 11.0. The fraction of sp³-hybridized carbons (Fsp3) is 0.364. The molecule has 0 aromatic rings. The summed E-state index contributed by atoms with van der Waals surface area (Å²) in [7, 11) is 0. The maximum absolute atomic E-state index is 7.50. The quantitative estimate of drug-likeness (QED) is 0.469. The summed E-state index contributed by atoms with van der Waals surface area (Å²) < 4.78 is 19.9. The summed E-state index contributed by atoms with van der Waals surface area (Å²) in [4.78, 5) is 0. The van der Waals surface area contributed by atoms with Crippen molar-refractivity contribution in [1.29, 1.82) is 0 Å². The van der Waals surface area contributed by atoms with Gasteiger partial charge in [0.1, 0.15) is 0 Å². The summed E-state index contributed by atoms with van der Waals surface area (Å²) in [5.74, 6) is 0. The molecule has 1 saturated heterocycles. The van der Waals surface area contributed by atoms with Crippen LogP contribution in [0.2, 0.25) is 0 Å². The zero-order chi connectivity index (χ0) is 11.1. The van der Waals surface area contributed by atoms with Gasteiger partial charge in [-0.25, -0.2) is 0 Å². The van der Waals surface area contributed by atoms with E-state index in [1.165, 1.54) is 12.8 Å². The molecule has 2 radical (unpaired) electrons. The van der Waals surface area contributed by atoms with Crippen molar-refractivity contribution in [1.82, 2.24) is 0 Å². The van der Waals surface area contributed by atoms with Crippen molar-refractivity contribution in [3.63, 3.8) is 0 Å². The molecule has 1 aliphatic heterocycles. The molecule has 0 aromatic heterocycles. The van der Waals surface area contributed by atoms with E-state index in [9.17, 15) is 0 Å². The van der Waals surface area contributed by atoms with Crippen LogP contribution < -0.4 is 0 Å². The van der Waals surface area contributed by atoms with Gasteiger partial charge in [0, 0.05) is 40.1 Å². The molecule has 3 nitrogen and oxygen atoms in total. The minimum absolute atomic E-state index is 0. The molecular weight excluding hydrogens is 366 g/mol.